The zero-order valence-electron chi connectivity index (χ0n) is 9.72. The van der Waals surface area contributed by atoms with Gasteiger partial charge in [0.15, 0.2) is 6.04 Å². The molecule has 1 aliphatic heterocycles. The number of rotatable bonds is 2. The molecule has 0 spiro atoms. The highest BCUT2D eigenvalue weighted by molar-refractivity contribution is 5.78. The number of nitrogens with zero attached hydrogens (tertiary/aromatic N) is 2. The third-order valence-corrected chi connectivity index (χ3v) is 2.78. The second-order valence-electron chi connectivity index (χ2n) is 4.03. The quantitative estimate of drug-likeness (QED) is 0.884. The van der Waals surface area contributed by atoms with Crippen LogP contribution in [0.4, 0.5) is 19.0 Å². The molecule has 1 aliphatic rings. The summed E-state index contributed by atoms with van der Waals surface area (Å²) >= 11 is 0. The van der Waals surface area contributed by atoms with Gasteiger partial charge in [0.25, 0.3) is 0 Å². The lowest BCUT2D eigenvalue weighted by Gasteiger charge is -2.33. The van der Waals surface area contributed by atoms with Gasteiger partial charge in [-0.3, -0.25) is 0 Å². The van der Waals surface area contributed by atoms with Crippen molar-refractivity contribution in [3.05, 3.63) is 23.9 Å². The van der Waals surface area contributed by atoms with Gasteiger partial charge in [-0.2, -0.15) is 13.2 Å². The number of halogens is 3. The first-order chi connectivity index (χ1) is 8.89. The number of ether oxygens (including phenoxy) is 1. The van der Waals surface area contributed by atoms with E-state index in [1.165, 1.54) is 11.0 Å². The summed E-state index contributed by atoms with van der Waals surface area (Å²) < 4.78 is 42.2. The molecule has 19 heavy (non-hydrogen) atoms. The van der Waals surface area contributed by atoms with Gasteiger partial charge in [0, 0.05) is 12.7 Å². The molecule has 104 valence electrons. The molecule has 0 radical (unpaired) electrons. The van der Waals surface area contributed by atoms with Crippen LogP contribution in [0.3, 0.4) is 0 Å². The van der Waals surface area contributed by atoms with Gasteiger partial charge in [-0.05, 0) is 12.1 Å². The number of anilines is 1. The van der Waals surface area contributed by atoms with Crippen molar-refractivity contribution in [2.45, 2.75) is 12.2 Å². The van der Waals surface area contributed by atoms with Gasteiger partial charge < -0.3 is 14.7 Å². The molecule has 1 saturated heterocycles. The maximum Gasteiger partial charge on any atom is 0.417 e. The lowest BCUT2D eigenvalue weighted by atomic mass is 10.2. The Hall–Kier alpha value is -1.83. The van der Waals surface area contributed by atoms with Gasteiger partial charge in [0.1, 0.15) is 5.82 Å². The molecule has 0 bridgehead atoms. The standard InChI is InChI=1S/C11H11F3N2O3/c12-11(13,14)7-1-2-9(15-5-7)16-3-4-19-6-8(16)10(17)18/h1-2,5,8H,3-4,6H2,(H,17,18). The maximum absolute atomic E-state index is 12.4. The number of carbonyl (C=O) groups is 1. The molecule has 2 heterocycles. The summed E-state index contributed by atoms with van der Waals surface area (Å²) in [6.45, 7) is 0.569. The summed E-state index contributed by atoms with van der Waals surface area (Å²) in [7, 11) is 0. The zero-order valence-corrected chi connectivity index (χ0v) is 9.72. The van der Waals surface area contributed by atoms with Crippen molar-refractivity contribution in [2.24, 2.45) is 0 Å². The van der Waals surface area contributed by atoms with Crippen molar-refractivity contribution < 1.29 is 27.8 Å². The van der Waals surface area contributed by atoms with Gasteiger partial charge in [-0.1, -0.05) is 0 Å². The van der Waals surface area contributed by atoms with E-state index in [1.54, 1.807) is 0 Å². The van der Waals surface area contributed by atoms with Gasteiger partial charge in [-0.15, -0.1) is 0 Å². The van der Waals surface area contributed by atoms with Crippen molar-refractivity contribution in [2.75, 3.05) is 24.7 Å². The fraction of sp³-hybridized carbons (Fsp3) is 0.455. The van der Waals surface area contributed by atoms with Gasteiger partial charge >= 0.3 is 12.1 Å². The second kappa shape index (κ2) is 5.04. The monoisotopic (exact) mass is 276 g/mol. The molecule has 1 fully saturated rings. The first kappa shape index (κ1) is 13.6. The van der Waals surface area contributed by atoms with E-state index < -0.39 is 23.8 Å². The molecular weight excluding hydrogens is 265 g/mol. The van der Waals surface area contributed by atoms with E-state index in [2.05, 4.69) is 4.98 Å². The van der Waals surface area contributed by atoms with E-state index in [-0.39, 0.29) is 19.0 Å². The number of aliphatic carboxylic acids is 1. The number of hydrogen-bond acceptors (Lipinski definition) is 4. The van der Waals surface area contributed by atoms with Crippen LogP contribution in [0, 0.1) is 0 Å². The minimum Gasteiger partial charge on any atom is -0.480 e. The van der Waals surface area contributed by atoms with Gasteiger partial charge in [-0.25, -0.2) is 9.78 Å². The number of alkyl halides is 3. The van der Waals surface area contributed by atoms with E-state index in [0.717, 1.165) is 6.07 Å². The van der Waals surface area contributed by atoms with Crippen LogP contribution in [0.1, 0.15) is 5.56 Å². The van der Waals surface area contributed by atoms with E-state index in [1.807, 2.05) is 0 Å². The Morgan fingerprint density at radius 3 is 2.74 bits per heavy atom. The Kier molecular flexibility index (Phi) is 3.61. The van der Waals surface area contributed by atoms with Crippen LogP contribution in [-0.4, -0.2) is 41.9 Å². The fourth-order valence-corrected chi connectivity index (χ4v) is 1.81. The number of carboxylic acids is 1. The van der Waals surface area contributed by atoms with Crippen molar-refractivity contribution in [1.29, 1.82) is 0 Å². The smallest absolute Gasteiger partial charge is 0.417 e. The Labute approximate surface area is 106 Å². The van der Waals surface area contributed by atoms with E-state index >= 15 is 0 Å². The minimum atomic E-state index is -4.46. The molecule has 8 heteroatoms. The number of carboxylic acid groups (broad SMARTS) is 1. The first-order valence-electron chi connectivity index (χ1n) is 5.50. The number of pyridine rings is 1. The normalized spacial score (nSPS) is 20.4. The minimum absolute atomic E-state index is 0.0158. The lowest BCUT2D eigenvalue weighted by Crippen LogP contribution is -2.50. The fourth-order valence-electron chi connectivity index (χ4n) is 1.81. The Balaban J connectivity index is 2.23. The van der Waals surface area contributed by atoms with Crippen LogP contribution in [0.15, 0.2) is 18.3 Å². The lowest BCUT2D eigenvalue weighted by molar-refractivity contribution is -0.141. The van der Waals surface area contributed by atoms with Crippen LogP contribution in [0.5, 0.6) is 0 Å². The first-order valence-corrected chi connectivity index (χ1v) is 5.50. The van der Waals surface area contributed by atoms with E-state index in [4.69, 9.17) is 9.84 Å². The molecule has 1 atom stereocenters. The highest BCUT2D eigenvalue weighted by atomic mass is 19.4. The molecule has 1 N–H and O–H groups in total. The van der Waals surface area contributed by atoms with Crippen LogP contribution in [-0.2, 0) is 15.7 Å². The topological polar surface area (TPSA) is 62.7 Å². The average Bonchev–Trinajstić information content (AvgIpc) is 2.38. The SMILES string of the molecule is O=C(O)C1COCCN1c1ccc(C(F)(F)F)cn1. The molecule has 2 rings (SSSR count). The van der Waals surface area contributed by atoms with Crippen LogP contribution in [0.2, 0.25) is 0 Å². The molecule has 1 unspecified atom stereocenters. The Morgan fingerprint density at radius 2 is 2.21 bits per heavy atom. The highest BCUT2D eigenvalue weighted by Gasteiger charge is 2.33. The molecule has 0 aromatic carbocycles. The largest absolute Gasteiger partial charge is 0.480 e. The third kappa shape index (κ3) is 2.95. The van der Waals surface area contributed by atoms with E-state index in [0.29, 0.717) is 12.8 Å². The van der Waals surface area contributed by atoms with Crippen LogP contribution < -0.4 is 4.90 Å². The predicted octanol–water partition coefficient (Wildman–Crippen LogP) is 1.39. The second-order valence-corrected chi connectivity index (χ2v) is 4.03. The molecular formula is C11H11F3N2O3. The number of morpholine rings is 1. The van der Waals surface area contributed by atoms with Crippen molar-refractivity contribution in [3.63, 3.8) is 0 Å². The Bertz CT molecular complexity index is 461. The maximum atomic E-state index is 12.4. The summed E-state index contributed by atoms with van der Waals surface area (Å²) in [5, 5.41) is 9.02. The molecule has 0 saturated carbocycles. The number of hydrogen-bond donors (Lipinski definition) is 1. The summed E-state index contributed by atoms with van der Waals surface area (Å²) in [6.07, 6.45) is -3.76. The van der Waals surface area contributed by atoms with Crippen molar-refractivity contribution in [3.8, 4) is 0 Å². The summed E-state index contributed by atoms with van der Waals surface area (Å²) in [5.41, 5.74) is -0.864. The average molecular weight is 276 g/mol. The highest BCUT2D eigenvalue weighted by Crippen LogP contribution is 2.29. The summed E-state index contributed by atoms with van der Waals surface area (Å²) in [5.74, 6) is -0.898. The molecule has 0 aliphatic carbocycles. The Morgan fingerprint density at radius 1 is 1.47 bits per heavy atom. The third-order valence-electron chi connectivity index (χ3n) is 2.78. The van der Waals surface area contributed by atoms with Crippen LogP contribution >= 0.6 is 0 Å². The summed E-state index contributed by atoms with van der Waals surface area (Å²) in [4.78, 5) is 16.1. The van der Waals surface area contributed by atoms with Gasteiger partial charge in [0.05, 0.1) is 18.8 Å². The molecule has 5 nitrogen and oxygen atoms in total. The zero-order chi connectivity index (χ0) is 14.0. The van der Waals surface area contributed by atoms with Crippen molar-refractivity contribution >= 4 is 11.8 Å². The van der Waals surface area contributed by atoms with E-state index in [9.17, 15) is 18.0 Å². The van der Waals surface area contributed by atoms with Crippen LogP contribution in [0.25, 0.3) is 0 Å². The molecule has 0 amide bonds. The number of aromatic nitrogens is 1. The molecule has 1 aromatic rings. The predicted molar refractivity (Wildman–Crippen MR) is 58.8 cm³/mol. The molecule has 1 aromatic heterocycles. The summed E-state index contributed by atoms with van der Waals surface area (Å²) in [6, 6.07) is 1.12. The van der Waals surface area contributed by atoms with Gasteiger partial charge in [0.2, 0.25) is 0 Å². The van der Waals surface area contributed by atoms with Crippen molar-refractivity contribution in [1.82, 2.24) is 4.98 Å².